The highest BCUT2D eigenvalue weighted by molar-refractivity contribution is 9.09. The number of carbonyl (C=O) groups excluding carboxylic acids is 1. The van der Waals surface area contributed by atoms with Crippen LogP contribution < -0.4 is 0 Å². The number of ketones is 1. The van der Waals surface area contributed by atoms with Gasteiger partial charge in [0.2, 0.25) is 0 Å². The van der Waals surface area contributed by atoms with E-state index in [1.54, 1.807) is 0 Å². The lowest BCUT2D eigenvalue weighted by molar-refractivity contribution is 0.0982. The molecule has 0 aliphatic carbocycles. The summed E-state index contributed by atoms with van der Waals surface area (Å²) < 4.78 is -0.0509. The summed E-state index contributed by atoms with van der Waals surface area (Å²) in [5.41, 5.74) is 1.94. The van der Waals surface area contributed by atoms with Crippen molar-refractivity contribution < 1.29 is 4.79 Å². The predicted octanol–water partition coefficient (Wildman–Crippen LogP) is 4.52. The van der Waals surface area contributed by atoms with E-state index in [4.69, 9.17) is 11.6 Å². The maximum atomic E-state index is 11.7. The minimum atomic E-state index is -0.0509. The molecule has 0 radical (unpaired) electrons. The lowest BCUT2D eigenvalue weighted by atomic mass is 9.99. The standard InChI is InChI=1S/C13H16BrClO/c1-13(2,14)11-7-5-10(6-8-11)12(16)4-3-9-15/h5-8H,3-4,9H2,1-2H3. The van der Waals surface area contributed by atoms with Crippen molar-refractivity contribution in [1.29, 1.82) is 0 Å². The molecule has 88 valence electrons. The van der Waals surface area contributed by atoms with Crippen LogP contribution >= 0.6 is 27.5 Å². The lowest BCUT2D eigenvalue weighted by Gasteiger charge is -2.16. The Morgan fingerprint density at radius 1 is 1.31 bits per heavy atom. The number of Topliss-reactive ketones (excluding diaryl/α,β-unsaturated/α-hetero) is 1. The quantitative estimate of drug-likeness (QED) is 0.577. The van der Waals surface area contributed by atoms with E-state index in [1.165, 1.54) is 5.56 Å². The molecule has 1 aromatic carbocycles. The smallest absolute Gasteiger partial charge is 0.162 e. The summed E-state index contributed by atoms with van der Waals surface area (Å²) in [4.78, 5) is 11.7. The van der Waals surface area contributed by atoms with Gasteiger partial charge in [-0.15, -0.1) is 11.6 Å². The first-order chi connectivity index (χ1) is 7.45. The SMILES string of the molecule is CC(C)(Br)c1ccc(C(=O)CCCCl)cc1. The van der Waals surface area contributed by atoms with Crippen LogP contribution in [0.3, 0.4) is 0 Å². The van der Waals surface area contributed by atoms with Gasteiger partial charge in [-0.3, -0.25) is 4.79 Å². The van der Waals surface area contributed by atoms with Crippen LogP contribution in [-0.4, -0.2) is 11.7 Å². The van der Waals surface area contributed by atoms with Gasteiger partial charge >= 0.3 is 0 Å². The summed E-state index contributed by atoms with van der Waals surface area (Å²) in [5.74, 6) is 0.706. The highest BCUT2D eigenvalue weighted by atomic mass is 79.9. The number of rotatable bonds is 5. The summed E-state index contributed by atoms with van der Waals surface area (Å²) in [6, 6.07) is 7.75. The molecule has 1 nitrogen and oxygen atoms in total. The van der Waals surface area contributed by atoms with Crippen LogP contribution in [-0.2, 0) is 4.32 Å². The first kappa shape index (κ1) is 13.7. The van der Waals surface area contributed by atoms with E-state index in [2.05, 4.69) is 29.8 Å². The molecule has 0 saturated carbocycles. The van der Waals surface area contributed by atoms with Gasteiger partial charge in [0.15, 0.2) is 5.78 Å². The summed E-state index contributed by atoms with van der Waals surface area (Å²) in [5, 5.41) is 0. The Bertz CT molecular complexity index is 351. The van der Waals surface area contributed by atoms with Crippen LogP contribution in [0, 0.1) is 0 Å². The molecule has 0 atom stereocenters. The molecule has 0 spiro atoms. The van der Waals surface area contributed by atoms with Gasteiger partial charge in [0.1, 0.15) is 0 Å². The Balaban J connectivity index is 2.75. The van der Waals surface area contributed by atoms with Crippen LogP contribution in [0.1, 0.15) is 42.6 Å². The zero-order chi connectivity index (χ0) is 12.2. The minimum Gasteiger partial charge on any atom is -0.294 e. The molecule has 0 aromatic heterocycles. The summed E-state index contributed by atoms with van der Waals surface area (Å²) in [6.07, 6.45) is 1.27. The first-order valence-electron chi connectivity index (χ1n) is 5.34. The molecule has 1 aromatic rings. The van der Waals surface area contributed by atoms with Crippen molar-refractivity contribution in [3.63, 3.8) is 0 Å². The molecule has 0 N–H and O–H groups in total. The van der Waals surface area contributed by atoms with Gasteiger partial charge in [-0.1, -0.05) is 40.2 Å². The van der Waals surface area contributed by atoms with E-state index in [9.17, 15) is 4.79 Å². The molecule has 0 aliphatic heterocycles. The fourth-order valence-corrected chi connectivity index (χ4v) is 1.82. The van der Waals surface area contributed by atoms with Crippen molar-refractivity contribution >= 4 is 33.3 Å². The Morgan fingerprint density at radius 3 is 2.31 bits per heavy atom. The van der Waals surface area contributed by atoms with Gasteiger partial charge < -0.3 is 0 Å². The fraction of sp³-hybridized carbons (Fsp3) is 0.462. The largest absolute Gasteiger partial charge is 0.294 e. The molecule has 3 heteroatoms. The van der Waals surface area contributed by atoms with E-state index in [-0.39, 0.29) is 10.1 Å². The van der Waals surface area contributed by atoms with Crippen molar-refractivity contribution in [2.45, 2.75) is 31.0 Å². The number of halogens is 2. The van der Waals surface area contributed by atoms with Gasteiger partial charge in [0.05, 0.1) is 0 Å². The Kier molecular flexibility index (Phi) is 5.00. The molecule has 1 rings (SSSR count). The number of alkyl halides is 2. The molecule has 16 heavy (non-hydrogen) atoms. The highest BCUT2D eigenvalue weighted by Gasteiger charge is 2.15. The van der Waals surface area contributed by atoms with Crippen molar-refractivity contribution in [2.75, 3.05) is 5.88 Å². The van der Waals surface area contributed by atoms with Crippen LogP contribution in [0.15, 0.2) is 24.3 Å². The third-order valence-corrected chi connectivity index (χ3v) is 3.16. The Morgan fingerprint density at radius 2 is 1.88 bits per heavy atom. The van der Waals surface area contributed by atoms with E-state index in [1.807, 2.05) is 24.3 Å². The maximum Gasteiger partial charge on any atom is 0.162 e. The summed E-state index contributed by atoms with van der Waals surface area (Å²) in [7, 11) is 0. The third kappa shape index (κ3) is 3.91. The van der Waals surface area contributed by atoms with Crippen LogP contribution in [0.4, 0.5) is 0 Å². The van der Waals surface area contributed by atoms with Crippen molar-refractivity contribution in [3.8, 4) is 0 Å². The molecule has 0 unspecified atom stereocenters. The van der Waals surface area contributed by atoms with E-state index in [0.717, 1.165) is 12.0 Å². The van der Waals surface area contributed by atoms with Crippen molar-refractivity contribution in [3.05, 3.63) is 35.4 Å². The van der Waals surface area contributed by atoms with Crippen molar-refractivity contribution in [2.24, 2.45) is 0 Å². The second-order valence-corrected chi connectivity index (χ2v) is 6.63. The van der Waals surface area contributed by atoms with Gasteiger partial charge in [-0.25, -0.2) is 0 Å². The molecule has 0 aliphatic rings. The number of benzene rings is 1. The molecular weight excluding hydrogens is 287 g/mol. The predicted molar refractivity (Wildman–Crippen MR) is 72.7 cm³/mol. The fourth-order valence-electron chi connectivity index (χ4n) is 1.42. The molecular formula is C13H16BrClO. The summed E-state index contributed by atoms with van der Waals surface area (Å²) >= 11 is 9.15. The third-order valence-electron chi connectivity index (χ3n) is 2.43. The molecule has 0 heterocycles. The number of hydrogen-bond acceptors (Lipinski definition) is 1. The van der Waals surface area contributed by atoms with Crippen LogP contribution in [0.25, 0.3) is 0 Å². The second kappa shape index (κ2) is 5.83. The molecule has 0 fully saturated rings. The molecule has 0 bridgehead atoms. The zero-order valence-electron chi connectivity index (χ0n) is 9.59. The monoisotopic (exact) mass is 302 g/mol. The summed E-state index contributed by atoms with van der Waals surface area (Å²) in [6.45, 7) is 4.16. The Labute approximate surface area is 110 Å². The van der Waals surface area contributed by atoms with E-state index in [0.29, 0.717) is 12.3 Å². The second-order valence-electron chi connectivity index (χ2n) is 4.27. The average Bonchev–Trinajstić information content (AvgIpc) is 2.25. The van der Waals surface area contributed by atoms with Crippen LogP contribution in [0.2, 0.25) is 0 Å². The minimum absolute atomic E-state index is 0.0509. The zero-order valence-corrected chi connectivity index (χ0v) is 11.9. The number of carbonyl (C=O) groups is 1. The van der Waals surface area contributed by atoms with E-state index < -0.39 is 0 Å². The van der Waals surface area contributed by atoms with Gasteiger partial charge in [-0.05, 0) is 25.8 Å². The Hall–Kier alpha value is -0.340. The topological polar surface area (TPSA) is 17.1 Å². The normalized spacial score (nSPS) is 11.5. The molecule has 0 saturated heterocycles. The van der Waals surface area contributed by atoms with Gasteiger partial charge in [-0.2, -0.15) is 0 Å². The van der Waals surface area contributed by atoms with E-state index >= 15 is 0 Å². The van der Waals surface area contributed by atoms with Gasteiger partial charge in [0, 0.05) is 22.2 Å². The van der Waals surface area contributed by atoms with Gasteiger partial charge in [0.25, 0.3) is 0 Å². The maximum absolute atomic E-state index is 11.7. The first-order valence-corrected chi connectivity index (χ1v) is 6.66. The molecule has 0 amide bonds. The van der Waals surface area contributed by atoms with Crippen molar-refractivity contribution in [1.82, 2.24) is 0 Å². The van der Waals surface area contributed by atoms with Crippen LogP contribution in [0.5, 0.6) is 0 Å². The lowest BCUT2D eigenvalue weighted by Crippen LogP contribution is -2.07. The number of hydrogen-bond donors (Lipinski definition) is 0. The highest BCUT2D eigenvalue weighted by Crippen LogP contribution is 2.29. The average molecular weight is 304 g/mol.